The Bertz CT molecular complexity index is 311. The van der Waals surface area contributed by atoms with E-state index in [1.807, 2.05) is 0 Å². The highest BCUT2D eigenvalue weighted by Gasteiger charge is 2.12. The normalized spacial score (nSPS) is 27.2. The molecule has 0 aromatic carbocycles. The SMILES string of the molecule is CC1=CC=C2C=CC(C)C=C2[CH]1. The van der Waals surface area contributed by atoms with Crippen LogP contribution < -0.4 is 0 Å². The van der Waals surface area contributed by atoms with Crippen LogP contribution in [0.4, 0.5) is 0 Å². The number of fused-ring (bicyclic) bond motifs is 1. The van der Waals surface area contributed by atoms with Gasteiger partial charge in [-0.05, 0) is 24.0 Å². The maximum atomic E-state index is 2.31. The van der Waals surface area contributed by atoms with E-state index in [-0.39, 0.29) is 0 Å². The van der Waals surface area contributed by atoms with Crippen molar-refractivity contribution < 1.29 is 0 Å². The molecule has 1 atom stereocenters. The van der Waals surface area contributed by atoms with E-state index in [1.54, 1.807) is 0 Å². The van der Waals surface area contributed by atoms with Gasteiger partial charge in [-0.3, -0.25) is 0 Å². The molecule has 61 valence electrons. The van der Waals surface area contributed by atoms with Crippen molar-refractivity contribution in [2.75, 3.05) is 0 Å². The van der Waals surface area contributed by atoms with Crippen molar-refractivity contribution in [1.29, 1.82) is 0 Å². The van der Waals surface area contributed by atoms with Crippen molar-refractivity contribution in [3.05, 3.63) is 53.5 Å². The minimum Gasteiger partial charge on any atom is -0.0773 e. The highest BCUT2D eigenvalue weighted by Crippen LogP contribution is 2.29. The van der Waals surface area contributed by atoms with E-state index in [1.165, 1.54) is 16.7 Å². The summed E-state index contributed by atoms with van der Waals surface area (Å²) in [4.78, 5) is 0. The second-order valence-corrected chi connectivity index (χ2v) is 3.52. The zero-order chi connectivity index (χ0) is 8.55. The lowest BCUT2D eigenvalue weighted by Crippen LogP contribution is -2.02. The standard InChI is InChI=1S/C12H13/c1-9-3-5-11-6-4-10(2)8-12(11)7-9/h3-9H,1-2H3. The van der Waals surface area contributed by atoms with Crippen molar-refractivity contribution in [3.8, 4) is 0 Å². The van der Waals surface area contributed by atoms with E-state index in [0.717, 1.165) is 0 Å². The van der Waals surface area contributed by atoms with Gasteiger partial charge in [0.25, 0.3) is 0 Å². The Hall–Kier alpha value is -1.04. The fraction of sp³-hybridized carbons (Fsp3) is 0.250. The molecule has 1 unspecified atom stereocenters. The lowest BCUT2D eigenvalue weighted by atomic mass is 9.87. The van der Waals surface area contributed by atoms with E-state index in [2.05, 4.69) is 50.6 Å². The molecule has 0 saturated heterocycles. The summed E-state index contributed by atoms with van der Waals surface area (Å²) in [5, 5.41) is 0. The third kappa shape index (κ3) is 1.29. The Labute approximate surface area is 74.0 Å². The fourth-order valence-corrected chi connectivity index (χ4v) is 1.58. The molecule has 0 fully saturated rings. The van der Waals surface area contributed by atoms with E-state index < -0.39 is 0 Å². The third-order valence-electron chi connectivity index (χ3n) is 2.26. The molecule has 2 rings (SSSR count). The second-order valence-electron chi connectivity index (χ2n) is 3.52. The highest BCUT2D eigenvalue weighted by atomic mass is 14.2. The lowest BCUT2D eigenvalue weighted by molar-refractivity contribution is 0.914. The van der Waals surface area contributed by atoms with Crippen LogP contribution in [0.3, 0.4) is 0 Å². The number of hydrogen-bond donors (Lipinski definition) is 0. The van der Waals surface area contributed by atoms with Crippen LogP contribution in [-0.4, -0.2) is 0 Å². The van der Waals surface area contributed by atoms with E-state index in [4.69, 9.17) is 0 Å². The summed E-state index contributed by atoms with van der Waals surface area (Å²) in [6.07, 6.45) is 13.3. The molecular formula is C12H13. The van der Waals surface area contributed by atoms with Gasteiger partial charge in [0.15, 0.2) is 0 Å². The Kier molecular flexibility index (Phi) is 1.76. The summed E-state index contributed by atoms with van der Waals surface area (Å²) in [5.74, 6) is 0.583. The predicted octanol–water partition coefficient (Wildman–Crippen LogP) is 3.21. The predicted molar refractivity (Wildman–Crippen MR) is 52.5 cm³/mol. The second kappa shape index (κ2) is 2.78. The maximum Gasteiger partial charge on any atom is 0.0158 e. The minimum absolute atomic E-state index is 0.583. The summed E-state index contributed by atoms with van der Waals surface area (Å²) >= 11 is 0. The summed E-state index contributed by atoms with van der Waals surface area (Å²) in [5.41, 5.74) is 4.07. The van der Waals surface area contributed by atoms with Gasteiger partial charge in [-0.25, -0.2) is 0 Å². The average Bonchev–Trinajstić information content (AvgIpc) is 2.03. The van der Waals surface area contributed by atoms with Crippen LogP contribution in [0, 0.1) is 12.3 Å². The van der Waals surface area contributed by atoms with Gasteiger partial charge in [0.05, 0.1) is 0 Å². The zero-order valence-corrected chi connectivity index (χ0v) is 7.54. The van der Waals surface area contributed by atoms with E-state index in [9.17, 15) is 0 Å². The first-order valence-electron chi connectivity index (χ1n) is 4.39. The highest BCUT2D eigenvalue weighted by molar-refractivity contribution is 5.56. The molecule has 0 aliphatic heterocycles. The molecule has 0 amide bonds. The molecule has 1 radical (unpaired) electrons. The first-order valence-corrected chi connectivity index (χ1v) is 4.39. The molecule has 0 heterocycles. The summed E-state index contributed by atoms with van der Waals surface area (Å²) < 4.78 is 0. The van der Waals surface area contributed by atoms with Crippen LogP contribution in [0.15, 0.2) is 47.1 Å². The monoisotopic (exact) mass is 157 g/mol. The van der Waals surface area contributed by atoms with Gasteiger partial charge in [0, 0.05) is 6.42 Å². The molecule has 0 spiro atoms. The Morgan fingerprint density at radius 1 is 1.17 bits per heavy atom. The number of allylic oxidation sites excluding steroid dienone is 8. The van der Waals surface area contributed by atoms with Crippen LogP contribution in [0.25, 0.3) is 0 Å². The van der Waals surface area contributed by atoms with E-state index >= 15 is 0 Å². The lowest BCUT2D eigenvalue weighted by Gasteiger charge is -2.18. The molecule has 0 aromatic heterocycles. The van der Waals surface area contributed by atoms with Crippen LogP contribution in [0.1, 0.15) is 13.8 Å². The first kappa shape index (κ1) is 7.60. The Balaban J connectivity index is 2.36. The Morgan fingerprint density at radius 3 is 2.83 bits per heavy atom. The van der Waals surface area contributed by atoms with Gasteiger partial charge in [-0.2, -0.15) is 0 Å². The van der Waals surface area contributed by atoms with Gasteiger partial charge < -0.3 is 0 Å². The zero-order valence-electron chi connectivity index (χ0n) is 7.54. The summed E-state index contributed by atoms with van der Waals surface area (Å²) in [6, 6.07) is 0. The Morgan fingerprint density at radius 2 is 2.00 bits per heavy atom. The molecular weight excluding hydrogens is 144 g/mol. The number of hydrogen-bond acceptors (Lipinski definition) is 0. The summed E-state index contributed by atoms with van der Waals surface area (Å²) in [6.45, 7) is 4.35. The maximum absolute atomic E-state index is 2.31. The van der Waals surface area contributed by atoms with Gasteiger partial charge in [-0.15, -0.1) is 0 Å². The van der Waals surface area contributed by atoms with Crippen molar-refractivity contribution in [1.82, 2.24) is 0 Å². The fourth-order valence-electron chi connectivity index (χ4n) is 1.58. The topological polar surface area (TPSA) is 0 Å². The molecule has 0 N–H and O–H groups in total. The van der Waals surface area contributed by atoms with Crippen LogP contribution in [0.5, 0.6) is 0 Å². The third-order valence-corrected chi connectivity index (χ3v) is 2.26. The summed E-state index contributed by atoms with van der Waals surface area (Å²) in [7, 11) is 0. The first-order chi connectivity index (χ1) is 5.75. The van der Waals surface area contributed by atoms with Crippen molar-refractivity contribution >= 4 is 0 Å². The number of rotatable bonds is 0. The molecule has 12 heavy (non-hydrogen) atoms. The van der Waals surface area contributed by atoms with Gasteiger partial charge in [0.2, 0.25) is 0 Å². The van der Waals surface area contributed by atoms with Crippen molar-refractivity contribution in [3.63, 3.8) is 0 Å². The smallest absolute Gasteiger partial charge is 0.0158 e. The quantitative estimate of drug-likeness (QED) is 0.506. The van der Waals surface area contributed by atoms with Gasteiger partial charge in [-0.1, -0.05) is 42.9 Å². The molecule has 2 aliphatic rings. The van der Waals surface area contributed by atoms with Crippen molar-refractivity contribution in [2.45, 2.75) is 13.8 Å². The molecule has 0 nitrogen and oxygen atoms in total. The van der Waals surface area contributed by atoms with Gasteiger partial charge in [0.1, 0.15) is 0 Å². The molecule has 0 saturated carbocycles. The average molecular weight is 157 g/mol. The van der Waals surface area contributed by atoms with Crippen LogP contribution in [0.2, 0.25) is 0 Å². The van der Waals surface area contributed by atoms with Gasteiger partial charge >= 0.3 is 0 Å². The van der Waals surface area contributed by atoms with Crippen LogP contribution in [-0.2, 0) is 0 Å². The molecule has 0 aromatic rings. The molecule has 0 heteroatoms. The largest absolute Gasteiger partial charge is 0.0773 e. The minimum atomic E-state index is 0.583. The molecule has 0 bridgehead atoms. The van der Waals surface area contributed by atoms with Crippen molar-refractivity contribution in [2.24, 2.45) is 5.92 Å². The van der Waals surface area contributed by atoms with Crippen LogP contribution >= 0.6 is 0 Å². The molecule has 2 aliphatic carbocycles. The van der Waals surface area contributed by atoms with E-state index in [0.29, 0.717) is 5.92 Å².